The van der Waals surface area contributed by atoms with Crippen molar-refractivity contribution in [2.75, 3.05) is 0 Å². The van der Waals surface area contributed by atoms with E-state index < -0.39 is 11.5 Å². The Labute approximate surface area is 150 Å². The van der Waals surface area contributed by atoms with E-state index in [2.05, 4.69) is 10.3 Å². The highest BCUT2D eigenvalue weighted by Crippen LogP contribution is 2.18. The smallest absolute Gasteiger partial charge is 0.261 e. The van der Waals surface area contributed by atoms with E-state index in [0.29, 0.717) is 17.3 Å². The lowest BCUT2D eigenvalue weighted by Gasteiger charge is -2.07. The predicted molar refractivity (Wildman–Crippen MR) is 99.9 cm³/mol. The van der Waals surface area contributed by atoms with Crippen LogP contribution in [0.25, 0.3) is 11.3 Å². The summed E-state index contributed by atoms with van der Waals surface area (Å²) in [6.07, 6.45) is 0. The lowest BCUT2D eigenvalue weighted by Crippen LogP contribution is -2.29. The third-order valence-corrected chi connectivity index (χ3v) is 4.13. The molecule has 5 heteroatoms. The molecule has 0 bridgehead atoms. The molecule has 0 aliphatic heterocycles. The molecule has 3 aromatic rings. The molecule has 4 nitrogen and oxygen atoms in total. The number of nitrogens with one attached hydrogen (secondary N) is 2. The number of aromatic nitrogens is 1. The van der Waals surface area contributed by atoms with Gasteiger partial charge in [-0.15, -0.1) is 0 Å². The number of H-pyrrole nitrogens is 1. The van der Waals surface area contributed by atoms with Crippen molar-refractivity contribution in [1.29, 1.82) is 0 Å². The molecule has 0 unspecified atom stereocenters. The number of pyridine rings is 1. The van der Waals surface area contributed by atoms with Gasteiger partial charge in [0.25, 0.3) is 11.5 Å². The summed E-state index contributed by atoms with van der Waals surface area (Å²) in [4.78, 5) is 27.2. The molecular weight excluding hydrogens is 336 g/mol. The molecular formula is C20H17ClN2O2. The molecule has 0 saturated carbocycles. The summed E-state index contributed by atoms with van der Waals surface area (Å²) in [7, 11) is 0. The number of aryl methyl sites for hydroxylation is 1. The fraction of sp³-hybridized carbons (Fsp3) is 0.100. The fourth-order valence-electron chi connectivity index (χ4n) is 2.43. The normalized spacial score (nSPS) is 10.5. The molecule has 1 aromatic heterocycles. The van der Waals surface area contributed by atoms with E-state index in [9.17, 15) is 9.59 Å². The van der Waals surface area contributed by atoms with E-state index >= 15 is 0 Å². The summed E-state index contributed by atoms with van der Waals surface area (Å²) in [5.41, 5.74) is 3.26. The maximum Gasteiger partial charge on any atom is 0.261 e. The second-order valence-electron chi connectivity index (χ2n) is 5.79. The number of hydrogen-bond donors (Lipinski definition) is 2. The summed E-state index contributed by atoms with van der Waals surface area (Å²) in [6.45, 7) is 2.38. The van der Waals surface area contributed by atoms with Crippen LogP contribution < -0.4 is 10.9 Å². The Morgan fingerprint density at radius 3 is 2.32 bits per heavy atom. The number of aromatic amines is 1. The molecule has 0 radical (unpaired) electrons. The highest BCUT2D eigenvalue weighted by molar-refractivity contribution is 6.30. The summed E-state index contributed by atoms with van der Waals surface area (Å²) in [6, 6.07) is 18.2. The molecule has 0 aliphatic rings. The first-order valence-corrected chi connectivity index (χ1v) is 8.24. The quantitative estimate of drug-likeness (QED) is 0.747. The lowest BCUT2D eigenvalue weighted by molar-refractivity contribution is 0.0949. The number of carbonyl (C=O) groups excluding carboxylic acids is 1. The average Bonchev–Trinajstić information content (AvgIpc) is 2.61. The van der Waals surface area contributed by atoms with Crippen LogP contribution in [0.4, 0.5) is 0 Å². The first-order chi connectivity index (χ1) is 12.0. The van der Waals surface area contributed by atoms with Crippen LogP contribution >= 0.6 is 11.6 Å². The SMILES string of the molecule is Cc1ccc(CNC(=O)c2ccc(-c3ccc(Cl)cc3)[nH]c2=O)cc1. The number of halogens is 1. The maximum atomic E-state index is 12.2. The Morgan fingerprint density at radius 2 is 1.68 bits per heavy atom. The molecule has 25 heavy (non-hydrogen) atoms. The fourth-order valence-corrected chi connectivity index (χ4v) is 2.56. The van der Waals surface area contributed by atoms with E-state index in [1.807, 2.05) is 43.3 Å². The van der Waals surface area contributed by atoms with Crippen LogP contribution in [-0.2, 0) is 6.54 Å². The Balaban J connectivity index is 1.73. The van der Waals surface area contributed by atoms with Gasteiger partial charge < -0.3 is 10.3 Å². The summed E-state index contributed by atoms with van der Waals surface area (Å²) in [5, 5.41) is 3.39. The number of amides is 1. The Morgan fingerprint density at radius 1 is 1.00 bits per heavy atom. The molecule has 1 heterocycles. The second kappa shape index (κ2) is 7.36. The average molecular weight is 353 g/mol. The minimum atomic E-state index is -0.422. The molecule has 0 atom stereocenters. The maximum absolute atomic E-state index is 12.2. The van der Waals surface area contributed by atoms with Gasteiger partial charge in [-0.2, -0.15) is 0 Å². The van der Waals surface area contributed by atoms with E-state index in [-0.39, 0.29) is 5.56 Å². The van der Waals surface area contributed by atoms with E-state index in [0.717, 1.165) is 16.7 Å². The number of benzene rings is 2. The van der Waals surface area contributed by atoms with E-state index in [1.54, 1.807) is 18.2 Å². The van der Waals surface area contributed by atoms with Crippen molar-refractivity contribution in [3.05, 3.63) is 92.7 Å². The standard InChI is InChI=1S/C20H17ClN2O2/c1-13-2-4-14(5-3-13)12-22-19(24)17-10-11-18(23-20(17)25)15-6-8-16(21)9-7-15/h2-11H,12H2,1H3,(H,22,24)(H,23,25). The van der Waals surface area contributed by atoms with Gasteiger partial charge in [0.1, 0.15) is 5.56 Å². The highest BCUT2D eigenvalue weighted by Gasteiger charge is 2.11. The number of carbonyl (C=O) groups is 1. The number of hydrogen-bond acceptors (Lipinski definition) is 2. The molecule has 0 saturated heterocycles. The van der Waals surface area contributed by atoms with Crippen molar-refractivity contribution in [2.24, 2.45) is 0 Å². The van der Waals surface area contributed by atoms with Gasteiger partial charge in [-0.05, 0) is 42.3 Å². The molecule has 2 aromatic carbocycles. The zero-order chi connectivity index (χ0) is 17.8. The van der Waals surface area contributed by atoms with Crippen molar-refractivity contribution in [3.8, 4) is 11.3 Å². The lowest BCUT2D eigenvalue weighted by atomic mass is 10.1. The van der Waals surface area contributed by atoms with E-state index in [4.69, 9.17) is 11.6 Å². The Hall–Kier alpha value is -2.85. The van der Waals surface area contributed by atoms with Crippen molar-refractivity contribution in [1.82, 2.24) is 10.3 Å². The van der Waals surface area contributed by atoms with Crippen LogP contribution in [0.5, 0.6) is 0 Å². The third-order valence-electron chi connectivity index (χ3n) is 3.88. The first-order valence-electron chi connectivity index (χ1n) is 7.86. The van der Waals surface area contributed by atoms with E-state index in [1.165, 1.54) is 6.07 Å². The van der Waals surface area contributed by atoms with Crippen molar-refractivity contribution < 1.29 is 4.79 Å². The van der Waals surface area contributed by atoms with Crippen LogP contribution in [0.15, 0.2) is 65.5 Å². The molecule has 3 rings (SSSR count). The summed E-state index contributed by atoms with van der Waals surface area (Å²) < 4.78 is 0. The van der Waals surface area contributed by atoms with Crippen LogP contribution in [-0.4, -0.2) is 10.9 Å². The monoisotopic (exact) mass is 352 g/mol. The van der Waals surface area contributed by atoms with Gasteiger partial charge in [-0.3, -0.25) is 9.59 Å². The van der Waals surface area contributed by atoms with Gasteiger partial charge in [0.2, 0.25) is 0 Å². The third kappa shape index (κ3) is 4.17. The van der Waals surface area contributed by atoms with Gasteiger partial charge >= 0.3 is 0 Å². The van der Waals surface area contributed by atoms with Crippen molar-refractivity contribution in [3.63, 3.8) is 0 Å². The predicted octanol–water partition coefficient (Wildman–Crippen LogP) is 3.93. The summed E-state index contributed by atoms with van der Waals surface area (Å²) >= 11 is 5.87. The molecule has 1 amide bonds. The Bertz CT molecular complexity index is 945. The van der Waals surface area contributed by atoms with Crippen LogP contribution in [0.2, 0.25) is 5.02 Å². The largest absolute Gasteiger partial charge is 0.348 e. The molecule has 0 spiro atoms. The zero-order valence-electron chi connectivity index (χ0n) is 13.7. The van der Waals surface area contributed by atoms with Gasteiger partial charge in [0.05, 0.1) is 0 Å². The topological polar surface area (TPSA) is 62.0 Å². The van der Waals surface area contributed by atoms with Crippen LogP contribution in [0.3, 0.4) is 0 Å². The van der Waals surface area contributed by atoms with Crippen molar-refractivity contribution >= 4 is 17.5 Å². The number of rotatable bonds is 4. The molecule has 0 fully saturated rings. The van der Waals surface area contributed by atoms with Crippen LogP contribution in [0.1, 0.15) is 21.5 Å². The van der Waals surface area contributed by atoms with Gasteiger partial charge in [-0.25, -0.2) is 0 Å². The van der Waals surface area contributed by atoms with Gasteiger partial charge in [-0.1, -0.05) is 53.6 Å². The first kappa shape index (κ1) is 17.0. The minimum absolute atomic E-state index is 0.0878. The minimum Gasteiger partial charge on any atom is -0.348 e. The molecule has 2 N–H and O–H groups in total. The van der Waals surface area contributed by atoms with Crippen LogP contribution in [0, 0.1) is 6.92 Å². The van der Waals surface area contributed by atoms with Crippen molar-refractivity contribution in [2.45, 2.75) is 13.5 Å². The van der Waals surface area contributed by atoms with Gasteiger partial charge in [0.15, 0.2) is 0 Å². The highest BCUT2D eigenvalue weighted by atomic mass is 35.5. The zero-order valence-corrected chi connectivity index (χ0v) is 14.4. The summed E-state index contributed by atoms with van der Waals surface area (Å²) in [5.74, 6) is -0.399. The molecule has 126 valence electrons. The Kier molecular flexibility index (Phi) is 5.00. The molecule has 0 aliphatic carbocycles. The second-order valence-corrected chi connectivity index (χ2v) is 6.23. The van der Waals surface area contributed by atoms with Gasteiger partial charge in [0, 0.05) is 17.3 Å².